The van der Waals surface area contributed by atoms with E-state index in [1.807, 2.05) is 6.07 Å². The minimum absolute atomic E-state index is 0.276. The van der Waals surface area contributed by atoms with Crippen LogP contribution in [0.3, 0.4) is 0 Å². The number of aliphatic hydroxyl groups excluding tert-OH is 1. The van der Waals surface area contributed by atoms with Crippen LogP contribution in [0.5, 0.6) is 0 Å². The zero-order valence-corrected chi connectivity index (χ0v) is 9.27. The third kappa shape index (κ3) is 2.22. The average molecular weight is 245 g/mol. The monoisotopic (exact) mass is 245 g/mol. The number of halogens is 2. The minimum Gasteiger partial charge on any atom is -0.383 e. The van der Waals surface area contributed by atoms with E-state index in [-0.39, 0.29) is 5.56 Å². The molecule has 0 saturated carbocycles. The molecule has 0 aromatic heterocycles. The van der Waals surface area contributed by atoms with Crippen molar-refractivity contribution in [2.45, 2.75) is 6.10 Å². The Morgan fingerprint density at radius 1 is 1.06 bits per heavy atom. The number of benzene rings is 2. The molecule has 1 atom stereocenters. The standard InChI is InChI=1S/C14H9F2NO/c15-11-5-2-6-12(16)13(11)14(18)10-4-1-3-9(7-10)8-17/h1-7,14,18H. The first kappa shape index (κ1) is 12.2. The molecule has 1 unspecified atom stereocenters. The SMILES string of the molecule is N#Cc1cccc(C(O)c2c(F)cccc2F)c1. The zero-order chi connectivity index (χ0) is 13.1. The van der Waals surface area contributed by atoms with Gasteiger partial charge in [-0.1, -0.05) is 18.2 Å². The number of nitriles is 1. The molecule has 0 fully saturated rings. The summed E-state index contributed by atoms with van der Waals surface area (Å²) in [7, 11) is 0. The summed E-state index contributed by atoms with van der Waals surface area (Å²) in [5.74, 6) is -1.63. The van der Waals surface area contributed by atoms with Crippen molar-refractivity contribution in [1.82, 2.24) is 0 Å². The van der Waals surface area contributed by atoms with Crippen LogP contribution in [0.1, 0.15) is 22.8 Å². The van der Waals surface area contributed by atoms with Crippen molar-refractivity contribution in [3.8, 4) is 6.07 Å². The van der Waals surface area contributed by atoms with E-state index in [9.17, 15) is 13.9 Å². The van der Waals surface area contributed by atoms with E-state index in [1.165, 1.54) is 18.2 Å². The Morgan fingerprint density at radius 2 is 1.67 bits per heavy atom. The summed E-state index contributed by atoms with van der Waals surface area (Å²) in [5.41, 5.74) is 0.189. The van der Waals surface area contributed by atoms with E-state index < -0.39 is 23.3 Å². The smallest absolute Gasteiger partial charge is 0.132 e. The Labute approximate surface area is 103 Å². The lowest BCUT2D eigenvalue weighted by Gasteiger charge is -2.13. The van der Waals surface area contributed by atoms with Crippen LogP contribution < -0.4 is 0 Å². The van der Waals surface area contributed by atoms with E-state index in [4.69, 9.17) is 5.26 Å². The summed E-state index contributed by atoms with van der Waals surface area (Å²) in [4.78, 5) is 0. The third-order valence-electron chi connectivity index (χ3n) is 2.60. The lowest BCUT2D eigenvalue weighted by Crippen LogP contribution is -2.05. The van der Waals surface area contributed by atoms with Crippen molar-refractivity contribution in [3.63, 3.8) is 0 Å². The van der Waals surface area contributed by atoms with Crippen molar-refractivity contribution in [2.75, 3.05) is 0 Å². The van der Waals surface area contributed by atoms with E-state index in [0.717, 1.165) is 12.1 Å². The summed E-state index contributed by atoms with van der Waals surface area (Å²) in [6.45, 7) is 0. The molecule has 0 aliphatic rings. The molecule has 0 aliphatic heterocycles. The second kappa shape index (κ2) is 4.94. The van der Waals surface area contributed by atoms with E-state index in [2.05, 4.69) is 0 Å². The number of nitrogens with zero attached hydrogens (tertiary/aromatic N) is 1. The summed E-state index contributed by atoms with van der Waals surface area (Å²) in [5, 5.41) is 18.7. The highest BCUT2D eigenvalue weighted by Gasteiger charge is 2.19. The van der Waals surface area contributed by atoms with Crippen LogP contribution in [-0.2, 0) is 0 Å². The molecule has 90 valence electrons. The van der Waals surface area contributed by atoms with Crippen LogP contribution in [0.2, 0.25) is 0 Å². The molecule has 0 bridgehead atoms. The fourth-order valence-corrected chi connectivity index (χ4v) is 1.72. The normalized spacial score (nSPS) is 11.9. The van der Waals surface area contributed by atoms with Gasteiger partial charge in [0.1, 0.15) is 17.7 Å². The van der Waals surface area contributed by atoms with Gasteiger partial charge in [0, 0.05) is 0 Å². The number of aliphatic hydroxyl groups is 1. The molecule has 1 N–H and O–H groups in total. The molecular formula is C14H9F2NO. The fraction of sp³-hybridized carbons (Fsp3) is 0.0714. The Balaban J connectivity index is 2.48. The summed E-state index contributed by atoms with van der Waals surface area (Å²) < 4.78 is 27.0. The Kier molecular flexibility index (Phi) is 3.35. The number of hydrogen-bond acceptors (Lipinski definition) is 2. The molecule has 0 radical (unpaired) electrons. The van der Waals surface area contributed by atoms with Gasteiger partial charge in [0.15, 0.2) is 0 Å². The van der Waals surface area contributed by atoms with E-state index in [0.29, 0.717) is 5.56 Å². The molecule has 0 heterocycles. The largest absolute Gasteiger partial charge is 0.383 e. The molecule has 2 aromatic rings. The number of hydrogen-bond donors (Lipinski definition) is 1. The highest BCUT2D eigenvalue weighted by Crippen LogP contribution is 2.27. The minimum atomic E-state index is -1.43. The molecule has 0 amide bonds. The van der Waals surface area contributed by atoms with Crippen molar-refractivity contribution in [2.24, 2.45) is 0 Å². The van der Waals surface area contributed by atoms with E-state index in [1.54, 1.807) is 12.1 Å². The van der Waals surface area contributed by atoms with Gasteiger partial charge in [-0.05, 0) is 29.8 Å². The van der Waals surface area contributed by atoms with Crippen molar-refractivity contribution >= 4 is 0 Å². The van der Waals surface area contributed by atoms with Gasteiger partial charge in [-0.25, -0.2) is 8.78 Å². The molecule has 4 heteroatoms. The molecule has 2 aromatic carbocycles. The summed E-state index contributed by atoms with van der Waals surface area (Å²) in [6, 6.07) is 11.3. The lowest BCUT2D eigenvalue weighted by atomic mass is 9.99. The van der Waals surface area contributed by atoms with Gasteiger partial charge < -0.3 is 5.11 Å². The second-order valence-corrected chi connectivity index (χ2v) is 3.78. The van der Waals surface area contributed by atoms with Gasteiger partial charge in [0.05, 0.1) is 17.2 Å². The van der Waals surface area contributed by atoms with Crippen LogP contribution in [0.4, 0.5) is 8.78 Å². The predicted molar refractivity (Wildman–Crippen MR) is 61.6 cm³/mol. The van der Waals surface area contributed by atoms with Crippen molar-refractivity contribution in [3.05, 3.63) is 70.8 Å². The van der Waals surface area contributed by atoms with Crippen LogP contribution in [0.15, 0.2) is 42.5 Å². The highest BCUT2D eigenvalue weighted by atomic mass is 19.1. The maximum Gasteiger partial charge on any atom is 0.132 e. The van der Waals surface area contributed by atoms with Gasteiger partial charge in [-0.2, -0.15) is 5.26 Å². The first-order chi connectivity index (χ1) is 8.63. The quantitative estimate of drug-likeness (QED) is 0.884. The first-order valence-corrected chi connectivity index (χ1v) is 5.25. The molecule has 0 spiro atoms. The van der Waals surface area contributed by atoms with Gasteiger partial charge in [-0.15, -0.1) is 0 Å². The maximum absolute atomic E-state index is 13.5. The van der Waals surface area contributed by atoms with Crippen LogP contribution >= 0.6 is 0 Å². The lowest BCUT2D eigenvalue weighted by molar-refractivity contribution is 0.209. The Morgan fingerprint density at radius 3 is 2.28 bits per heavy atom. The maximum atomic E-state index is 13.5. The number of rotatable bonds is 2. The zero-order valence-electron chi connectivity index (χ0n) is 9.27. The first-order valence-electron chi connectivity index (χ1n) is 5.25. The fourth-order valence-electron chi connectivity index (χ4n) is 1.72. The third-order valence-corrected chi connectivity index (χ3v) is 2.60. The molecule has 18 heavy (non-hydrogen) atoms. The van der Waals surface area contributed by atoms with Gasteiger partial charge >= 0.3 is 0 Å². The van der Waals surface area contributed by atoms with Crippen LogP contribution in [0.25, 0.3) is 0 Å². The Bertz CT molecular complexity index is 599. The topological polar surface area (TPSA) is 44.0 Å². The summed E-state index contributed by atoms with van der Waals surface area (Å²) >= 11 is 0. The van der Waals surface area contributed by atoms with Gasteiger partial charge in [0.2, 0.25) is 0 Å². The predicted octanol–water partition coefficient (Wildman–Crippen LogP) is 2.92. The Hall–Kier alpha value is -2.25. The average Bonchev–Trinajstić information content (AvgIpc) is 2.38. The highest BCUT2D eigenvalue weighted by molar-refractivity contribution is 5.38. The molecule has 2 nitrogen and oxygen atoms in total. The molecule has 2 rings (SSSR count). The molecule has 0 aliphatic carbocycles. The van der Waals surface area contributed by atoms with Crippen LogP contribution in [0, 0.1) is 23.0 Å². The van der Waals surface area contributed by atoms with E-state index >= 15 is 0 Å². The van der Waals surface area contributed by atoms with Crippen molar-refractivity contribution < 1.29 is 13.9 Å². The van der Waals surface area contributed by atoms with Gasteiger partial charge in [-0.3, -0.25) is 0 Å². The second-order valence-electron chi connectivity index (χ2n) is 3.78. The van der Waals surface area contributed by atoms with Crippen LogP contribution in [-0.4, -0.2) is 5.11 Å². The molecule has 0 saturated heterocycles. The summed E-state index contributed by atoms with van der Waals surface area (Å²) in [6.07, 6.45) is -1.43. The molecular weight excluding hydrogens is 236 g/mol. The van der Waals surface area contributed by atoms with Crippen molar-refractivity contribution in [1.29, 1.82) is 5.26 Å². The van der Waals surface area contributed by atoms with Gasteiger partial charge in [0.25, 0.3) is 0 Å².